The van der Waals surface area contributed by atoms with Crippen LogP contribution in [0.15, 0.2) is 29.4 Å². The van der Waals surface area contributed by atoms with E-state index in [1.165, 1.54) is 18.8 Å². The molecule has 0 amide bonds. The average Bonchev–Trinajstić information content (AvgIpc) is 2.89. The molecule has 0 bridgehead atoms. The van der Waals surface area contributed by atoms with Crippen molar-refractivity contribution in [3.63, 3.8) is 0 Å². The van der Waals surface area contributed by atoms with Crippen LogP contribution in [-0.2, 0) is 10.0 Å². The first-order valence-electron chi connectivity index (χ1n) is 6.15. The molecule has 0 aliphatic rings. The number of carbonyl (C=O) groups excluding carboxylic acids is 1. The van der Waals surface area contributed by atoms with Crippen molar-refractivity contribution in [2.45, 2.75) is 5.16 Å². The number of thioether (sulfide) groups is 1. The van der Waals surface area contributed by atoms with Crippen LogP contribution in [0, 0.1) is 0 Å². The highest BCUT2D eigenvalue weighted by atomic mass is 32.2. The fourth-order valence-electron chi connectivity index (χ4n) is 1.58. The average molecular weight is 341 g/mol. The van der Waals surface area contributed by atoms with Crippen LogP contribution in [0.1, 0.15) is 10.4 Å². The molecule has 118 valence electrons. The maximum Gasteiger partial charge on any atom is 0.231 e. The molecule has 0 radical (unpaired) electrons. The molecule has 0 saturated heterocycles. The van der Waals surface area contributed by atoms with Crippen molar-refractivity contribution in [2.75, 3.05) is 29.1 Å². The first-order chi connectivity index (χ1) is 10.3. The fourth-order valence-corrected chi connectivity index (χ4v) is 2.79. The van der Waals surface area contributed by atoms with E-state index in [1.54, 1.807) is 24.3 Å². The number of nitrogens with two attached hydrogens (primary N) is 1. The summed E-state index contributed by atoms with van der Waals surface area (Å²) >= 11 is 1.17. The van der Waals surface area contributed by atoms with E-state index in [-0.39, 0.29) is 17.5 Å². The van der Waals surface area contributed by atoms with E-state index in [0.717, 1.165) is 10.6 Å². The first-order valence-corrected chi connectivity index (χ1v) is 8.98. The van der Waals surface area contributed by atoms with E-state index in [9.17, 15) is 13.2 Å². The van der Waals surface area contributed by atoms with Crippen LogP contribution in [0.4, 0.5) is 11.6 Å². The minimum atomic E-state index is -3.32. The van der Waals surface area contributed by atoms with Gasteiger partial charge >= 0.3 is 0 Å². The lowest BCUT2D eigenvalue weighted by molar-refractivity contribution is 0.102. The number of nitrogens with zero attached hydrogens (tertiary/aromatic N) is 3. The molecular formula is C12H15N5O3S2. The molecule has 0 fully saturated rings. The Labute approximate surface area is 132 Å². The fraction of sp³-hybridized carbons (Fsp3) is 0.250. The highest BCUT2D eigenvalue weighted by Crippen LogP contribution is 2.19. The Bertz CT molecular complexity index is 770. The number of rotatable bonds is 6. The number of anilines is 2. The number of aromatic nitrogens is 3. The maximum atomic E-state index is 12.1. The number of hydrogen-bond acceptors (Lipinski definition) is 7. The number of hydrogen-bond donors (Lipinski definition) is 2. The van der Waals surface area contributed by atoms with E-state index in [0.29, 0.717) is 16.4 Å². The Morgan fingerprint density at radius 3 is 2.50 bits per heavy atom. The van der Waals surface area contributed by atoms with E-state index >= 15 is 0 Å². The Balaban J connectivity index is 2.02. The predicted octanol–water partition coefficient (Wildman–Crippen LogP) is 0.758. The summed E-state index contributed by atoms with van der Waals surface area (Å²) in [7, 11) is -1.87. The Kier molecular flexibility index (Phi) is 4.71. The lowest BCUT2D eigenvalue weighted by Gasteiger charge is -2.16. The van der Waals surface area contributed by atoms with E-state index in [2.05, 4.69) is 15.2 Å². The zero-order chi connectivity index (χ0) is 16.3. The molecular weight excluding hydrogens is 326 g/mol. The largest absolute Gasteiger partial charge is 0.368 e. The number of nitrogens with one attached hydrogen (secondary N) is 1. The zero-order valence-electron chi connectivity index (χ0n) is 12.0. The van der Waals surface area contributed by atoms with Gasteiger partial charge in [0.25, 0.3) is 0 Å². The summed E-state index contributed by atoms with van der Waals surface area (Å²) in [6.07, 6.45) is 1.12. The molecule has 1 aromatic carbocycles. The molecule has 2 rings (SSSR count). The van der Waals surface area contributed by atoms with Crippen molar-refractivity contribution in [1.29, 1.82) is 0 Å². The highest BCUT2D eigenvalue weighted by Gasteiger charge is 2.13. The van der Waals surface area contributed by atoms with E-state index in [1.807, 2.05) is 0 Å². The molecule has 0 atom stereocenters. The molecule has 0 unspecified atom stereocenters. The summed E-state index contributed by atoms with van der Waals surface area (Å²) in [5, 5.41) is 6.71. The highest BCUT2D eigenvalue weighted by molar-refractivity contribution is 7.99. The van der Waals surface area contributed by atoms with Crippen molar-refractivity contribution >= 4 is 39.2 Å². The maximum absolute atomic E-state index is 12.1. The smallest absolute Gasteiger partial charge is 0.231 e. The number of aromatic amines is 1. The van der Waals surface area contributed by atoms with Gasteiger partial charge in [0, 0.05) is 12.6 Å². The van der Waals surface area contributed by atoms with Gasteiger partial charge in [-0.2, -0.15) is 4.98 Å². The molecule has 3 N–H and O–H groups in total. The second kappa shape index (κ2) is 6.36. The quantitative estimate of drug-likeness (QED) is 0.587. The Hall–Kier alpha value is -2.07. The summed E-state index contributed by atoms with van der Waals surface area (Å²) in [6.45, 7) is 0. The summed E-state index contributed by atoms with van der Waals surface area (Å²) in [5.41, 5.74) is 6.38. The number of carbonyl (C=O) groups is 1. The third kappa shape index (κ3) is 3.98. The Morgan fingerprint density at radius 2 is 2.00 bits per heavy atom. The SMILES string of the molecule is CN(c1ccc(C(=O)CSc2n[nH]c(N)n2)cc1)S(C)(=O)=O. The van der Waals surface area contributed by atoms with Gasteiger partial charge in [-0.05, 0) is 24.3 Å². The van der Waals surface area contributed by atoms with Gasteiger partial charge in [0.2, 0.25) is 21.1 Å². The normalized spacial score (nSPS) is 11.4. The van der Waals surface area contributed by atoms with Crippen molar-refractivity contribution in [3.8, 4) is 0 Å². The molecule has 1 aromatic heterocycles. The number of sulfonamides is 1. The van der Waals surface area contributed by atoms with Gasteiger partial charge in [-0.25, -0.2) is 13.5 Å². The van der Waals surface area contributed by atoms with Gasteiger partial charge in [-0.1, -0.05) is 11.8 Å². The van der Waals surface area contributed by atoms with Crippen LogP contribution in [0.2, 0.25) is 0 Å². The van der Waals surface area contributed by atoms with Gasteiger partial charge in [0.15, 0.2) is 5.78 Å². The molecule has 10 heteroatoms. The van der Waals surface area contributed by atoms with Gasteiger partial charge in [0.05, 0.1) is 17.7 Å². The van der Waals surface area contributed by atoms with Crippen molar-refractivity contribution in [3.05, 3.63) is 29.8 Å². The molecule has 1 heterocycles. The summed E-state index contributed by atoms with van der Waals surface area (Å²) in [5.74, 6) is 0.253. The summed E-state index contributed by atoms with van der Waals surface area (Å²) in [6, 6.07) is 6.35. The zero-order valence-corrected chi connectivity index (χ0v) is 13.6. The van der Waals surface area contributed by atoms with Crippen molar-refractivity contribution in [1.82, 2.24) is 15.2 Å². The topological polar surface area (TPSA) is 122 Å². The van der Waals surface area contributed by atoms with E-state index < -0.39 is 10.0 Å². The molecule has 0 spiro atoms. The second-order valence-corrected chi connectivity index (χ2v) is 7.45. The monoisotopic (exact) mass is 341 g/mol. The molecule has 0 saturated carbocycles. The summed E-state index contributed by atoms with van der Waals surface area (Å²) < 4.78 is 24.0. The lowest BCUT2D eigenvalue weighted by Crippen LogP contribution is -2.24. The standard InChI is InChI=1S/C12H15N5O3S2/c1-17(22(2,19)20)9-5-3-8(4-6-9)10(18)7-21-12-14-11(13)15-16-12/h3-6H,7H2,1-2H3,(H3,13,14,15,16). The van der Waals surface area contributed by atoms with Crippen LogP contribution in [0.3, 0.4) is 0 Å². The van der Waals surface area contributed by atoms with Gasteiger partial charge in [-0.3, -0.25) is 9.10 Å². The minimum Gasteiger partial charge on any atom is -0.368 e. The van der Waals surface area contributed by atoms with Crippen LogP contribution < -0.4 is 10.0 Å². The van der Waals surface area contributed by atoms with Crippen LogP contribution >= 0.6 is 11.8 Å². The Morgan fingerprint density at radius 1 is 1.36 bits per heavy atom. The molecule has 2 aromatic rings. The predicted molar refractivity (Wildman–Crippen MR) is 85.5 cm³/mol. The van der Waals surface area contributed by atoms with Crippen molar-refractivity contribution in [2.24, 2.45) is 0 Å². The number of ketones is 1. The minimum absolute atomic E-state index is 0.109. The molecule has 22 heavy (non-hydrogen) atoms. The lowest BCUT2D eigenvalue weighted by atomic mass is 10.1. The summed E-state index contributed by atoms with van der Waals surface area (Å²) in [4.78, 5) is 15.9. The third-order valence-corrected chi connectivity index (χ3v) is 4.92. The number of H-pyrrole nitrogens is 1. The molecule has 0 aliphatic heterocycles. The van der Waals surface area contributed by atoms with Gasteiger partial charge in [0.1, 0.15) is 0 Å². The van der Waals surface area contributed by atoms with Crippen LogP contribution in [0.25, 0.3) is 0 Å². The number of Topliss-reactive ketones (excluding diaryl/α,β-unsaturated/α-hetero) is 1. The number of benzene rings is 1. The van der Waals surface area contributed by atoms with Gasteiger partial charge < -0.3 is 5.73 Å². The first kappa shape index (κ1) is 16.3. The van der Waals surface area contributed by atoms with E-state index in [4.69, 9.17) is 5.73 Å². The number of nitrogen functional groups attached to an aromatic ring is 1. The van der Waals surface area contributed by atoms with Crippen LogP contribution in [-0.4, -0.2) is 48.4 Å². The van der Waals surface area contributed by atoms with Crippen molar-refractivity contribution < 1.29 is 13.2 Å². The third-order valence-electron chi connectivity index (χ3n) is 2.86. The van der Waals surface area contributed by atoms with Gasteiger partial charge in [-0.15, -0.1) is 5.10 Å². The van der Waals surface area contributed by atoms with Crippen LogP contribution in [0.5, 0.6) is 0 Å². The molecule has 8 nitrogen and oxygen atoms in total. The second-order valence-electron chi connectivity index (χ2n) is 4.49. The molecule has 0 aliphatic carbocycles.